The summed E-state index contributed by atoms with van der Waals surface area (Å²) in [5, 5.41) is 21.2. The van der Waals surface area contributed by atoms with E-state index in [1.807, 2.05) is 68.4 Å². The van der Waals surface area contributed by atoms with Gasteiger partial charge >= 0.3 is 0 Å². The summed E-state index contributed by atoms with van der Waals surface area (Å²) < 4.78 is 15.8. The maximum Gasteiger partial charge on any atom is 0.239 e. The maximum absolute atomic E-state index is 13.7. The molecule has 0 aliphatic carbocycles. The molecule has 0 bridgehead atoms. The molecule has 0 saturated heterocycles. The number of benzene rings is 3. The van der Waals surface area contributed by atoms with Crippen LogP contribution in [0.25, 0.3) is 10.9 Å². The second kappa shape index (κ2) is 16.5. The summed E-state index contributed by atoms with van der Waals surface area (Å²) in [6.45, 7) is 6.58. The molecule has 4 rings (SSSR count). The van der Waals surface area contributed by atoms with E-state index in [0.29, 0.717) is 18.5 Å². The third-order valence-electron chi connectivity index (χ3n) is 7.47. The van der Waals surface area contributed by atoms with Crippen molar-refractivity contribution in [3.8, 4) is 0 Å². The third kappa shape index (κ3) is 10.6. The van der Waals surface area contributed by atoms with Crippen LogP contribution in [0, 0.1) is 5.82 Å². The minimum absolute atomic E-state index is 0.0547. The van der Waals surface area contributed by atoms with Crippen LogP contribution < -0.4 is 16.0 Å². The Hall–Kier alpha value is -3.83. The lowest BCUT2D eigenvalue weighted by atomic mass is 9.94. The first kappa shape index (κ1) is 34.1. The molecule has 10 heteroatoms. The van der Waals surface area contributed by atoms with E-state index < -0.39 is 23.6 Å². The van der Waals surface area contributed by atoms with Crippen molar-refractivity contribution in [2.45, 2.75) is 56.2 Å². The van der Waals surface area contributed by atoms with E-state index in [0.717, 1.165) is 34.3 Å². The normalized spacial score (nSPS) is 13.0. The Kier molecular flexibility index (Phi) is 12.5. The van der Waals surface area contributed by atoms with Crippen LogP contribution in [0.1, 0.15) is 38.3 Å². The van der Waals surface area contributed by atoms with E-state index in [1.165, 1.54) is 12.1 Å². The number of carbonyl (C=O) groups excluding carboxylic acids is 2. The van der Waals surface area contributed by atoms with Crippen LogP contribution in [0.3, 0.4) is 0 Å². The first-order valence-corrected chi connectivity index (χ1v) is 16.0. The second-order valence-electron chi connectivity index (χ2n) is 11.5. The van der Waals surface area contributed by atoms with Gasteiger partial charge in [-0.2, -0.15) is 0 Å². The van der Waals surface area contributed by atoms with Crippen LogP contribution in [0.2, 0.25) is 0 Å². The molecule has 0 fully saturated rings. The summed E-state index contributed by atoms with van der Waals surface area (Å²) in [4.78, 5) is 31.0. The van der Waals surface area contributed by atoms with Crippen molar-refractivity contribution in [3.05, 3.63) is 108 Å². The minimum Gasteiger partial charge on any atom is -0.390 e. The molecule has 0 unspecified atom stereocenters. The smallest absolute Gasteiger partial charge is 0.239 e. The number of aromatic nitrogens is 1. The highest BCUT2D eigenvalue weighted by atomic mass is 32.2. The molecule has 1 heterocycles. The van der Waals surface area contributed by atoms with Crippen LogP contribution in [0.5, 0.6) is 0 Å². The number of hydrogen-bond acceptors (Lipinski definition) is 7. The van der Waals surface area contributed by atoms with Gasteiger partial charge in [-0.15, -0.1) is 0 Å². The van der Waals surface area contributed by atoms with Gasteiger partial charge in [-0.3, -0.25) is 19.9 Å². The Morgan fingerprint density at radius 2 is 1.78 bits per heavy atom. The topological polar surface area (TPSA) is 107 Å². The van der Waals surface area contributed by atoms with Crippen molar-refractivity contribution >= 4 is 34.7 Å². The number of fused-ring (bicyclic) bond motifs is 1. The summed E-state index contributed by atoms with van der Waals surface area (Å²) in [6.07, 6.45) is 2.21. The van der Waals surface area contributed by atoms with Crippen molar-refractivity contribution in [2.24, 2.45) is 0 Å². The summed E-state index contributed by atoms with van der Waals surface area (Å²) in [5.41, 5.74) is 1.96. The van der Waals surface area contributed by atoms with E-state index in [4.69, 9.17) is 0 Å². The van der Waals surface area contributed by atoms with Gasteiger partial charge in [0.05, 0.1) is 30.8 Å². The molecule has 4 N–H and O–H groups in total. The molecule has 0 radical (unpaired) electrons. The molecular formula is C35H42FN5O3S. The summed E-state index contributed by atoms with van der Waals surface area (Å²) in [7, 11) is 0. The molecule has 0 spiro atoms. The SMILES string of the molecule is CCCN(C[C@@H](O)[C@H](Cc1ccccc1)NC(=O)CNC(=O)CNC(C)(C)c1cccc(F)c1)Sc1ccc2ncccc2c1. The second-order valence-corrected chi connectivity index (χ2v) is 12.7. The molecule has 0 saturated carbocycles. The van der Waals surface area contributed by atoms with E-state index in [-0.39, 0.29) is 24.8 Å². The zero-order chi connectivity index (χ0) is 32.2. The highest BCUT2D eigenvalue weighted by Gasteiger charge is 2.25. The molecular weight excluding hydrogens is 589 g/mol. The highest BCUT2D eigenvalue weighted by molar-refractivity contribution is 7.97. The van der Waals surface area contributed by atoms with E-state index >= 15 is 0 Å². The van der Waals surface area contributed by atoms with Gasteiger partial charge < -0.3 is 15.7 Å². The number of aliphatic hydroxyl groups excluding tert-OH is 1. The van der Waals surface area contributed by atoms with Gasteiger partial charge in [-0.25, -0.2) is 8.70 Å². The van der Waals surface area contributed by atoms with Gasteiger partial charge in [-0.05, 0) is 86.2 Å². The van der Waals surface area contributed by atoms with Crippen LogP contribution in [-0.2, 0) is 21.5 Å². The Labute approximate surface area is 269 Å². The Balaban J connectivity index is 1.35. The number of nitrogens with one attached hydrogen (secondary N) is 3. The van der Waals surface area contributed by atoms with Gasteiger partial charge in [0.15, 0.2) is 0 Å². The van der Waals surface area contributed by atoms with Crippen molar-refractivity contribution in [1.82, 2.24) is 25.2 Å². The standard InChI is InChI=1S/C35H42FN5O3S/c1-4-18-41(45-29-15-16-30-26(20-29)12-9-17-37-30)24-32(42)31(19-25-10-6-5-7-11-25)40-34(44)22-38-33(43)23-39-35(2,3)27-13-8-14-28(36)21-27/h5-17,20-21,31-32,39,42H,4,18-19,22-24H2,1-3H3,(H,38,43)(H,40,44)/t31-,32+/m0/s1. The lowest BCUT2D eigenvalue weighted by Crippen LogP contribution is -2.52. The summed E-state index contributed by atoms with van der Waals surface area (Å²) >= 11 is 1.57. The zero-order valence-corrected chi connectivity index (χ0v) is 26.8. The average molecular weight is 632 g/mol. The number of rotatable bonds is 16. The Morgan fingerprint density at radius 1 is 0.978 bits per heavy atom. The monoisotopic (exact) mass is 631 g/mol. The number of amides is 2. The number of halogens is 1. The largest absolute Gasteiger partial charge is 0.390 e. The molecule has 2 amide bonds. The van der Waals surface area contributed by atoms with E-state index in [2.05, 4.69) is 38.2 Å². The van der Waals surface area contributed by atoms with Crippen LogP contribution in [0.15, 0.2) is 96.0 Å². The van der Waals surface area contributed by atoms with Gasteiger partial charge in [0.1, 0.15) is 5.82 Å². The predicted octanol–water partition coefficient (Wildman–Crippen LogP) is 4.82. The molecule has 2 atom stereocenters. The Morgan fingerprint density at radius 3 is 2.53 bits per heavy atom. The average Bonchev–Trinajstić information content (AvgIpc) is 3.03. The molecule has 0 aliphatic rings. The van der Waals surface area contributed by atoms with Crippen LogP contribution in [-0.4, -0.2) is 64.5 Å². The molecule has 8 nitrogen and oxygen atoms in total. The van der Waals surface area contributed by atoms with Crippen LogP contribution in [0.4, 0.5) is 4.39 Å². The maximum atomic E-state index is 13.7. The summed E-state index contributed by atoms with van der Waals surface area (Å²) in [5.74, 6) is -1.12. The van der Waals surface area contributed by atoms with Gasteiger partial charge in [0.25, 0.3) is 0 Å². The summed E-state index contributed by atoms with van der Waals surface area (Å²) in [6, 6.07) is 25.4. The third-order valence-corrected chi connectivity index (χ3v) is 8.52. The molecule has 1 aromatic heterocycles. The van der Waals surface area contributed by atoms with Crippen LogP contribution >= 0.6 is 11.9 Å². The zero-order valence-electron chi connectivity index (χ0n) is 26.0. The molecule has 45 heavy (non-hydrogen) atoms. The van der Waals surface area contributed by atoms with Gasteiger partial charge in [0.2, 0.25) is 11.8 Å². The number of hydrogen-bond donors (Lipinski definition) is 4. The first-order chi connectivity index (χ1) is 21.6. The lowest BCUT2D eigenvalue weighted by molar-refractivity contribution is -0.126. The van der Waals surface area contributed by atoms with Crippen molar-refractivity contribution in [1.29, 1.82) is 0 Å². The van der Waals surface area contributed by atoms with E-state index in [1.54, 1.807) is 30.3 Å². The van der Waals surface area contributed by atoms with E-state index in [9.17, 15) is 19.1 Å². The Bertz CT molecular complexity index is 1550. The number of aliphatic hydroxyl groups is 1. The van der Waals surface area contributed by atoms with Crippen molar-refractivity contribution < 1.29 is 19.1 Å². The predicted molar refractivity (Wildman–Crippen MR) is 178 cm³/mol. The highest BCUT2D eigenvalue weighted by Crippen LogP contribution is 2.27. The first-order valence-electron chi connectivity index (χ1n) is 15.2. The fourth-order valence-electron chi connectivity index (χ4n) is 4.95. The van der Waals surface area contributed by atoms with Gasteiger partial charge in [-0.1, -0.05) is 55.5 Å². The fraction of sp³-hybridized carbons (Fsp3) is 0.343. The molecule has 238 valence electrons. The number of pyridine rings is 1. The quantitative estimate of drug-likeness (QED) is 0.131. The fourth-order valence-corrected chi connectivity index (χ4v) is 6.06. The van der Waals surface area contributed by atoms with Crippen molar-refractivity contribution in [2.75, 3.05) is 26.2 Å². The molecule has 0 aliphatic heterocycles. The molecule has 4 aromatic rings. The van der Waals surface area contributed by atoms with Gasteiger partial charge in [0, 0.05) is 35.1 Å². The van der Waals surface area contributed by atoms with Crippen molar-refractivity contribution in [3.63, 3.8) is 0 Å². The number of nitrogens with zero attached hydrogens (tertiary/aromatic N) is 2. The number of carbonyl (C=O) groups is 2. The lowest BCUT2D eigenvalue weighted by Gasteiger charge is -2.29. The minimum atomic E-state index is -0.875. The molecule has 3 aromatic carbocycles.